The second-order valence-electron chi connectivity index (χ2n) is 4.67. The van der Waals surface area contributed by atoms with Crippen molar-refractivity contribution in [1.29, 1.82) is 0 Å². The molecule has 98 valence electrons. The number of fused-ring (bicyclic) bond motifs is 1. The number of anilines is 1. The number of thiazole rings is 1. The molecule has 2 N–H and O–H groups in total. The molecule has 2 heterocycles. The Hall–Kier alpha value is -1.52. The molecule has 0 aliphatic rings. The summed E-state index contributed by atoms with van der Waals surface area (Å²) in [6, 6.07) is 6.04. The van der Waals surface area contributed by atoms with Gasteiger partial charge in [-0.15, -0.1) is 11.3 Å². The van der Waals surface area contributed by atoms with E-state index in [1.807, 2.05) is 30.4 Å². The summed E-state index contributed by atoms with van der Waals surface area (Å²) in [4.78, 5) is 6.63. The van der Waals surface area contributed by atoms with Crippen molar-refractivity contribution in [3.63, 3.8) is 0 Å². The van der Waals surface area contributed by atoms with Crippen LogP contribution in [-0.4, -0.2) is 9.38 Å². The van der Waals surface area contributed by atoms with Crippen LogP contribution in [-0.2, 0) is 0 Å². The summed E-state index contributed by atoms with van der Waals surface area (Å²) in [6.45, 7) is 6.03. The molecule has 0 radical (unpaired) electrons. The van der Waals surface area contributed by atoms with Crippen molar-refractivity contribution in [2.24, 2.45) is 0 Å². The second-order valence-corrected chi connectivity index (χ2v) is 6.26. The predicted octanol–water partition coefficient (Wildman–Crippen LogP) is 4.22. The molecule has 3 rings (SSSR count). The van der Waals surface area contributed by atoms with Gasteiger partial charge in [-0.1, -0.05) is 17.7 Å². The van der Waals surface area contributed by atoms with E-state index in [1.54, 1.807) is 11.3 Å². The molecule has 0 spiro atoms. The molecule has 0 saturated heterocycles. The Morgan fingerprint density at radius 1 is 1.26 bits per heavy atom. The zero-order valence-corrected chi connectivity index (χ0v) is 12.6. The minimum absolute atomic E-state index is 0.710. The number of benzene rings is 1. The average molecular weight is 292 g/mol. The summed E-state index contributed by atoms with van der Waals surface area (Å²) in [5, 5.41) is 0.780. The monoisotopic (exact) mass is 291 g/mol. The quantitative estimate of drug-likeness (QED) is 0.729. The minimum atomic E-state index is 0.710. The molecule has 19 heavy (non-hydrogen) atoms. The van der Waals surface area contributed by atoms with Crippen LogP contribution in [0.1, 0.15) is 16.1 Å². The Labute approximate surface area is 120 Å². The highest BCUT2D eigenvalue weighted by molar-refractivity contribution is 7.17. The molecule has 0 unspecified atom stereocenters. The molecule has 0 amide bonds. The number of hydrogen-bond acceptors (Lipinski definition) is 3. The van der Waals surface area contributed by atoms with Gasteiger partial charge in [0.05, 0.1) is 11.4 Å². The first kappa shape index (κ1) is 12.5. The van der Waals surface area contributed by atoms with E-state index in [0.29, 0.717) is 5.82 Å². The molecule has 0 saturated carbocycles. The standard InChI is InChI=1S/C14H14ClN3S/c1-7-6-10(4-5-11(7)15)12-9(3)19-14-17-8(2)13(16)18(12)14/h4-6H,16H2,1-3H3. The fourth-order valence-corrected chi connectivity index (χ4v) is 3.43. The summed E-state index contributed by atoms with van der Waals surface area (Å²) in [7, 11) is 0. The van der Waals surface area contributed by atoms with Crippen LogP contribution in [0, 0.1) is 20.8 Å². The predicted molar refractivity (Wildman–Crippen MR) is 82.1 cm³/mol. The van der Waals surface area contributed by atoms with Gasteiger partial charge in [0.1, 0.15) is 5.82 Å². The van der Waals surface area contributed by atoms with Gasteiger partial charge in [-0.2, -0.15) is 0 Å². The molecule has 5 heteroatoms. The molecule has 0 atom stereocenters. The number of aryl methyl sites for hydroxylation is 3. The SMILES string of the molecule is Cc1cc(-c2c(C)sc3nc(C)c(N)n23)ccc1Cl. The summed E-state index contributed by atoms with van der Waals surface area (Å²) in [5.41, 5.74) is 10.3. The van der Waals surface area contributed by atoms with E-state index in [4.69, 9.17) is 17.3 Å². The van der Waals surface area contributed by atoms with Gasteiger partial charge in [0.2, 0.25) is 0 Å². The van der Waals surface area contributed by atoms with Gasteiger partial charge in [-0.05, 0) is 38.5 Å². The van der Waals surface area contributed by atoms with Crippen LogP contribution in [0.2, 0.25) is 5.02 Å². The number of hydrogen-bond donors (Lipinski definition) is 1. The molecule has 0 fully saturated rings. The number of imidazole rings is 1. The highest BCUT2D eigenvalue weighted by atomic mass is 35.5. The maximum atomic E-state index is 6.14. The Kier molecular flexibility index (Phi) is 2.80. The molecule has 2 aromatic heterocycles. The highest BCUT2D eigenvalue weighted by Crippen LogP contribution is 2.35. The topological polar surface area (TPSA) is 43.3 Å². The van der Waals surface area contributed by atoms with E-state index in [1.165, 1.54) is 4.88 Å². The molecule has 3 nitrogen and oxygen atoms in total. The average Bonchev–Trinajstić information content (AvgIpc) is 2.80. The third kappa shape index (κ3) is 1.83. The largest absolute Gasteiger partial charge is 0.383 e. The summed E-state index contributed by atoms with van der Waals surface area (Å²) < 4.78 is 2.03. The van der Waals surface area contributed by atoms with E-state index < -0.39 is 0 Å². The van der Waals surface area contributed by atoms with E-state index in [-0.39, 0.29) is 0 Å². The van der Waals surface area contributed by atoms with E-state index in [0.717, 1.165) is 32.5 Å². The minimum Gasteiger partial charge on any atom is -0.383 e. The number of aromatic nitrogens is 2. The first-order valence-corrected chi connectivity index (χ1v) is 7.19. The zero-order valence-electron chi connectivity index (χ0n) is 11.0. The van der Waals surface area contributed by atoms with Crippen molar-refractivity contribution in [2.45, 2.75) is 20.8 Å². The van der Waals surface area contributed by atoms with Crippen LogP contribution in [0.15, 0.2) is 18.2 Å². The number of halogens is 1. The maximum absolute atomic E-state index is 6.14. The van der Waals surface area contributed by atoms with Crippen molar-refractivity contribution in [3.05, 3.63) is 39.4 Å². The van der Waals surface area contributed by atoms with Crippen molar-refractivity contribution in [1.82, 2.24) is 9.38 Å². The lowest BCUT2D eigenvalue weighted by Gasteiger charge is -2.06. The lowest BCUT2D eigenvalue weighted by atomic mass is 10.1. The molecule has 3 aromatic rings. The zero-order chi connectivity index (χ0) is 13.7. The summed E-state index contributed by atoms with van der Waals surface area (Å²) in [5.74, 6) is 0.710. The van der Waals surface area contributed by atoms with Gasteiger partial charge >= 0.3 is 0 Å². The van der Waals surface area contributed by atoms with Crippen LogP contribution < -0.4 is 5.73 Å². The molecule has 1 aromatic carbocycles. The van der Waals surface area contributed by atoms with Gasteiger partial charge in [0.15, 0.2) is 4.96 Å². The fraction of sp³-hybridized carbons (Fsp3) is 0.214. The smallest absolute Gasteiger partial charge is 0.196 e. The molecule has 0 aliphatic heterocycles. The van der Waals surface area contributed by atoms with Crippen molar-refractivity contribution in [3.8, 4) is 11.3 Å². The van der Waals surface area contributed by atoms with Crippen LogP contribution in [0.3, 0.4) is 0 Å². The molecular formula is C14H14ClN3S. The van der Waals surface area contributed by atoms with Gasteiger partial charge in [0, 0.05) is 15.5 Å². The number of nitrogens with zero attached hydrogens (tertiary/aromatic N) is 2. The van der Waals surface area contributed by atoms with Gasteiger partial charge < -0.3 is 5.73 Å². The van der Waals surface area contributed by atoms with E-state index in [9.17, 15) is 0 Å². The molecular weight excluding hydrogens is 278 g/mol. The Balaban J connectivity index is 2.34. The van der Waals surface area contributed by atoms with Gasteiger partial charge in [-0.3, -0.25) is 4.40 Å². The second kappa shape index (κ2) is 4.25. The van der Waals surface area contributed by atoms with Crippen molar-refractivity contribution < 1.29 is 0 Å². The molecule has 0 bridgehead atoms. The van der Waals surface area contributed by atoms with Crippen molar-refractivity contribution >= 4 is 33.7 Å². The lowest BCUT2D eigenvalue weighted by molar-refractivity contribution is 1.22. The highest BCUT2D eigenvalue weighted by Gasteiger charge is 2.16. The summed E-state index contributed by atoms with van der Waals surface area (Å²) >= 11 is 7.75. The number of nitrogens with two attached hydrogens (primary N) is 1. The number of rotatable bonds is 1. The Morgan fingerprint density at radius 2 is 2.00 bits per heavy atom. The van der Waals surface area contributed by atoms with Gasteiger partial charge in [-0.25, -0.2) is 4.98 Å². The van der Waals surface area contributed by atoms with Crippen LogP contribution in [0.25, 0.3) is 16.2 Å². The van der Waals surface area contributed by atoms with E-state index >= 15 is 0 Å². The van der Waals surface area contributed by atoms with Crippen LogP contribution in [0.4, 0.5) is 5.82 Å². The molecule has 0 aliphatic carbocycles. The fourth-order valence-electron chi connectivity index (χ4n) is 2.27. The first-order chi connectivity index (χ1) is 8.99. The van der Waals surface area contributed by atoms with Crippen LogP contribution >= 0.6 is 22.9 Å². The normalized spacial score (nSPS) is 11.4. The van der Waals surface area contributed by atoms with Crippen molar-refractivity contribution in [2.75, 3.05) is 5.73 Å². The third-order valence-electron chi connectivity index (χ3n) is 3.30. The van der Waals surface area contributed by atoms with E-state index in [2.05, 4.69) is 18.0 Å². The van der Waals surface area contributed by atoms with Gasteiger partial charge in [0.25, 0.3) is 0 Å². The first-order valence-electron chi connectivity index (χ1n) is 5.99. The van der Waals surface area contributed by atoms with Crippen LogP contribution in [0.5, 0.6) is 0 Å². The lowest BCUT2D eigenvalue weighted by Crippen LogP contribution is -1.96. The number of nitrogen functional groups attached to an aromatic ring is 1. The summed E-state index contributed by atoms with van der Waals surface area (Å²) in [6.07, 6.45) is 0. The Bertz CT molecular complexity index is 786. The Morgan fingerprint density at radius 3 is 2.68 bits per heavy atom. The maximum Gasteiger partial charge on any atom is 0.196 e. The third-order valence-corrected chi connectivity index (χ3v) is 4.68.